The van der Waals surface area contributed by atoms with Gasteiger partial charge in [-0.25, -0.2) is 4.79 Å². The number of hydrogen-bond acceptors (Lipinski definition) is 4. The number of esters is 1. The van der Waals surface area contributed by atoms with Gasteiger partial charge in [0.05, 0.1) is 12.7 Å². The van der Waals surface area contributed by atoms with Gasteiger partial charge in [0.25, 0.3) is 5.91 Å². The van der Waals surface area contributed by atoms with Crippen molar-refractivity contribution in [3.05, 3.63) is 58.7 Å². The molecule has 0 spiro atoms. The molecule has 0 fully saturated rings. The van der Waals surface area contributed by atoms with E-state index in [-0.39, 0.29) is 18.4 Å². The lowest BCUT2D eigenvalue weighted by atomic mass is 9.98. The summed E-state index contributed by atoms with van der Waals surface area (Å²) >= 11 is 0. The number of methoxy groups -OCH3 is 1. The zero-order valence-electron chi connectivity index (χ0n) is 15.9. The molecule has 2 aromatic rings. The summed E-state index contributed by atoms with van der Waals surface area (Å²) in [6.07, 6.45) is 0. The van der Waals surface area contributed by atoms with E-state index < -0.39 is 5.97 Å². The van der Waals surface area contributed by atoms with Gasteiger partial charge in [-0.2, -0.15) is 0 Å². The van der Waals surface area contributed by atoms with Crippen molar-refractivity contribution in [1.29, 1.82) is 0 Å². The molecule has 0 aliphatic carbocycles. The van der Waals surface area contributed by atoms with Crippen LogP contribution in [0, 0.1) is 13.8 Å². The van der Waals surface area contributed by atoms with E-state index in [2.05, 4.69) is 19.2 Å². The van der Waals surface area contributed by atoms with Crippen LogP contribution in [-0.4, -0.2) is 25.6 Å². The van der Waals surface area contributed by atoms with Crippen molar-refractivity contribution >= 4 is 17.6 Å². The van der Waals surface area contributed by atoms with Gasteiger partial charge in [0.2, 0.25) is 0 Å². The van der Waals surface area contributed by atoms with Crippen molar-refractivity contribution in [2.45, 2.75) is 33.6 Å². The second-order valence-corrected chi connectivity index (χ2v) is 6.50. The Morgan fingerprint density at radius 2 is 1.81 bits per heavy atom. The molecule has 0 saturated carbocycles. The highest BCUT2D eigenvalue weighted by atomic mass is 16.5. The second kappa shape index (κ2) is 8.52. The summed E-state index contributed by atoms with van der Waals surface area (Å²) < 4.78 is 10.3. The third-order valence-corrected chi connectivity index (χ3v) is 4.17. The van der Waals surface area contributed by atoms with Gasteiger partial charge in [-0.1, -0.05) is 38.1 Å². The van der Waals surface area contributed by atoms with Gasteiger partial charge in [-0.3, -0.25) is 4.79 Å². The van der Waals surface area contributed by atoms with Crippen molar-refractivity contribution in [3.8, 4) is 5.75 Å². The smallest absolute Gasteiger partial charge is 0.338 e. The molecule has 0 aliphatic rings. The van der Waals surface area contributed by atoms with E-state index in [1.807, 2.05) is 32.0 Å². The quantitative estimate of drug-likeness (QED) is 0.788. The van der Waals surface area contributed by atoms with Gasteiger partial charge in [0, 0.05) is 5.69 Å². The molecule has 0 aromatic heterocycles. The molecular weight excluding hydrogens is 330 g/mol. The maximum absolute atomic E-state index is 12.2. The highest BCUT2D eigenvalue weighted by Crippen LogP contribution is 2.27. The van der Waals surface area contributed by atoms with Gasteiger partial charge >= 0.3 is 5.97 Å². The first-order valence-electron chi connectivity index (χ1n) is 8.54. The van der Waals surface area contributed by atoms with Crippen LogP contribution in [0.15, 0.2) is 36.4 Å². The van der Waals surface area contributed by atoms with Crippen LogP contribution in [0.5, 0.6) is 5.75 Å². The van der Waals surface area contributed by atoms with Crippen LogP contribution in [0.1, 0.15) is 46.8 Å². The van der Waals surface area contributed by atoms with Gasteiger partial charge in [-0.15, -0.1) is 0 Å². The van der Waals surface area contributed by atoms with Crippen molar-refractivity contribution in [2.24, 2.45) is 0 Å². The van der Waals surface area contributed by atoms with Gasteiger partial charge in [-0.05, 0) is 48.6 Å². The zero-order valence-corrected chi connectivity index (χ0v) is 15.9. The van der Waals surface area contributed by atoms with E-state index in [9.17, 15) is 9.59 Å². The Morgan fingerprint density at radius 1 is 1.08 bits per heavy atom. The number of carbonyl (C=O) groups is 2. The molecule has 26 heavy (non-hydrogen) atoms. The summed E-state index contributed by atoms with van der Waals surface area (Å²) in [6.45, 7) is 7.60. The summed E-state index contributed by atoms with van der Waals surface area (Å²) in [6, 6.07) is 10.9. The Morgan fingerprint density at radius 3 is 2.46 bits per heavy atom. The number of ether oxygens (including phenoxy) is 2. The van der Waals surface area contributed by atoms with E-state index in [1.165, 1.54) is 0 Å². The number of benzene rings is 2. The second-order valence-electron chi connectivity index (χ2n) is 6.50. The lowest BCUT2D eigenvalue weighted by Gasteiger charge is -2.16. The molecule has 0 heterocycles. The Kier molecular flexibility index (Phi) is 6.39. The molecule has 0 radical (unpaired) electrons. The highest BCUT2D eigenvalue weighted by molar-refractivity contribution is 5.96. The maximum Gasteiger partial charge on any atom is 0.338 e. The van der Waals surface area contributed by atoms with Crippen LogP contribution in [0.25, 0.3) is 0 Å². The van der Waals surface area contributed by atoms with Crippen LogP contribution >= 0.6 is 0 Å². The molecule has 0 atom stereocenters. The SMILES string of the molecule is COc1cc(C(=O)OCC(=O)Nc2c(C)cccc2C(C)C)ccc1C. The van der Waals surface area contributed by atoms with Crippen LogP contribution in [0.3, 0.4) is 0 Å². The Balaban J connectivity index is 2.02. The number of anilines is 1. The first-order chi connectivity index (χ1) is 12.3. The van der Waals surface area contributed by atoms with Crippen molar-refractivity contribution in [1.82, 2.24) is 0 Å². The molecule has 2 aromatic carbocycles. The first kappa shape index (κ1) is 19.5. The zero-order chi connectivity index (χ0) is 19.3. The Hall–Kier alpha value is -2.82. The van der Waals surface area contributed by atoms with E-state index >= 15 is 0 Å². The maximum atomic E-state index is 12.2. The Labute approximate surface area is 154 Å². The molecule has 5 heteroatoms. The van der Waals surface area contributed by atoms with E-state index in [0.717, 1.165) is 22.4 Å². The summed E-state index contributed by atoms with van der Waals surface area (Å²) in [5, 5.41) is 2.86. The molecule has 0 bridgehead atoms. The average molecular weight is 355 g/mol. The molecule has 1 amide bonds. The minimum Gasteiger partial charge on any atom is -0.496 e. The molecule has 0 unspecified atom stereocenters. The molecule has 0 saturated heterocycles. The number of nitrogens with one attached hydrogen (secondary N) is 1. The first-order valence-corrected chi connectivity index (χ1v) is 8.54. The summed E-state index contributed by atoms with van der Waals surface area (Å²) in [5.74, 6) is -0.0564. The van der Waals surface area contributed by atoms with E-state index in [1.54, 1.807) is 25.3 Å². The number of para-hydroxylation sites is 1. The lowest BCUT2D eigenvalue weighted by molar-refractivity contribution is -0.119. The molecular formula is C21H25NO4. The molecule has 5 nitrogen and oxygen atoms in total. The van der Waals surface area contributed by atoms with E-state index in [0.29, 0.717) is 11.3 Å². The fourth-order valence-electron chi connectivity index (χ4n) is 2.68. The fourth-order valence-corrected chi connectivity index (χ4v) is 2.68. The monoisotopic (exact) mass is 355 g/mol. The van der Waals surface area contributed by atoms with Crippen molar-refractivity contribution in [2.75, 3.05) is 19.0 Å². The molecule has 138 valence electrons. The predicted octanol–water partition coefficient (Wildman–Crippen LogP) is 4.23. The predicted molar refractivity (Wildman–Crippen MR) is 102 cm³/mol. The van der Waals surface area contributed by atoms with Gasteiger partial charge < -0.3 is 14.8 Å². The molecule has 0 aliphatic heterocycles. The largest absolute Gasteiger partial charge is 0.496 e. The third-order valence-electron chi connectivity index (χ3n) is 4.17. The summed E-state index contributed by atoms with van der Waals surface area (Å²) in [5.41, 5.74) is 4.06. The van der Waals surface area contributed by atoms with Crippen LogP contribution in [0.4, 0.5) is 5.69 Å². The average Bonchev–Trinajstić information content (AvgIpc) is 2.61. The minimum atomic E-state index is -0.563. The van der Waals surface area contributed by atoms with Crippen molar-refractivity contribution < 1.29 is 19.1 Å². The highest BCUT2D eigenvalue weighted by Gasteiger charge is 2.15. The number of carbonyl (C=O) groups excluding carboxylic acids is 2. The minimum absolute atomic E-state index is 0.271. The third kappa shape index (κ3) is 4.63. The summed E-state index contributed by atoms with van der Waals surface area (Å²) in [4.78, 5) is 24.4. The number of hydrogen-bond donors (Lipinski definition) is 1. The van der Waals surface area contributed by atoms with Crippen LogP contribution in [-0.2, 0) is 9.53 Å². The van der Waals surface area contributed by atoms with Crippen LogP contribution < -0.4 is 10.1 Å². The number of aryl methyl sites for hydroxylation is 2. The van der Waals surface area contributed by atoms with Gasteiger partial charge in [0.1, 0.15) is 5.75 Å². The van der Waals surface area contributed by atoms with Crippen molar-refractivity contribution in [3.63, 3.8) is 0 Å². The van der Waals surface area contributed by atoms with Crippen LogP contribution in [0.2, 0.25) is 0 Å². The van der Waals surface area contributed by atoms with E-state index in [4.69, 9.17) is 9.47 Å². The molecule has 1 N–H and O–H groups in total. The Bertz CT molecular complexity index is 812. The van der Waals surface area contributed by atoms with Gasteiger partial charge in [0.15, 0.2) is 6.61 Å². The normalized spacial score (nSPS) is 10.5. The fraction of sp³-hybridized carbons (Fsp3) is 0.333. The number of amides is 1. The lowest BCUT2D eigenvalue weighted by Crippen LogP contribution is -2.22. The standard InChI is InChI=1S/C21H25NO4/c1-13(2)17-8-6-7-15(4)20(17)22-19(23)12-26-21(24)16-10-9-14(3)18(11-16)25-5/h6-11,13H,12H2,1-5H3,(H,22,23). The summed E-state index contributed by atoms with van der Waals surface area (Å²) in [7, 11) is 1.54. The molecule has 2 rings (SSSR count). The topological polar surface area (TPSA) is 64.6 Å². The number of rotatable bonds is 6.